The number of aliphatic carboxylic acids is 1. The number of nitrogens with one attached hydrogen (secondary N) is 1. The highest BCUT2D eigenvalue weighted by molar-refractivity contribution is 7.99. The zero-order valence-electron chi connectivity index (χ0n) is 8.85. The normalized spacial score (nSPS) is 10.6. The molecule has 0 amide bonds. The summed E-state index contributed by atoms with van der Waals surface area (Å²) in [6.45, 7) is 0. The minimum atomic E-state index is -0.997. The maximum absolute atomic E-state index is 13.0. The van der Waals surface area contributed by atoms with Crippen molar-refractivity contribution in [3.8, 4) is 11.4 Å². The Bertz CT molecular complexity index is 568. The monoisotopic (exact) mass is 271 g/mol. The lowest BCUT2D eigenvalue weighted by atomic mass is 10.2. The second-order valence-corrected chi connectivity index (χ2v) is 4.25. The van der Waals surface area contributed by atoms with Gasteiger partial charge in [-0.1, -0.05) is 11.8 Å². The molecule has 0 aliphatic carbocycles. The van der Waals surface area contributed by atoms with E-state index in [1.165, 1.54) is 0 Å². The molecule has 94 valence electrons. The SMILES string of the molecule is O=C(O)CSc1n[nH]c(-c2cc(F)cc(F)c2)n1. The van der Waals surface area contributed by atoms with E-state index in [2.05, 4.69) is 15.2 Å². The first-order valence-corrected chi connectivity index (χ1v) is 5.76. The predicted molar refractivity (Wildman–Crippen MR) is 60.1 cm³/mol. The average Bonchev–Trinajstić information content (AvgIpc) is 2.73. The Kier molecular flexibility index (Phi) is 3.56. The summed E-state index contributed by atoms with van der Waals surface area (Å²) >= 11 is 0.912. The third kappa shape index (κ3) is 3.04. The molecule has 0 aliphatic heterocycles. The Morgan fingerprint density at radius 2 is 2.00 bits per heavy atom. The van der Waals surface area contributed by atoms with Crippen LogP contribution in [0.4, 0.5) is 8.78 Å². The number of benzene rings is 1. The molecule has 0 aliphatic rings. The van der Waals surface area contributed by atoms with Crippen molar-refractivity contribution in [2.24, 2.45) is 0 Å². The quantitative estimate of drug-likeness (QED) is 0.831. The van der Waals surface area contributed by atoms with Gasteiger partial charge in [0.2, 0.25) is 5.16 Å². The van der Waals surface area contributed by atoms with Crippen molar-refractivity contribution in [3.63, 3.8) is 0 Å². The molecular formula is C10H7F2N3O2S. The molecule has 8 heteroatoms. The zero-order valence-corrected chi connectivity index (χ0v) is 9.67. The van der Waals surface area contributed by atoms with Crippen molar-refractivity contribution in [1.29, 1.82) is 0 Å². The molecule has 2 rings (SSSR count). The van der Waals surface area contributed by atoms with Gasteiger partial charge in [0, 0.05) is 11.6 Å². The fourth-order valence-corrected chi connectivity index (χ4v) is 1.78. The number of H-pyrrole nitrogens is 1. The summed E-state index contributed by atoms with van der Waals surface area (Å²) in [6.07, 6.45) is 0. The van der Waals surface area contributed by atoms with Crippen LogP contribution in [0.5, 0.6) is 0 Å². The van der Waals surface area contributed by atoms with Crippen LogP contribution in [0.3, 0.4) is 0 Å². The molecule has 1 heterocycles. The number of thioether (sulfide) groups is 1. The number of carboxylic acids is 1. The summed E-state index contributed by atoms with van der Waals surface area (Å²) in [7, 11) is 0. The van der Waals surface area contributed by atoms with Crippen LogP contribution < -0.4 is 0 Å². The first-order valence-electron chi connectivity index (χ1n) is 4.78. The van der Waals surface area contributed by atoms with Gasteiger partial charge in [0.25, 0.3) is 0 Å². The lowest BCUT2D eigenvalue weighted by molar-refractivity contribution is -0.133. The maximum Gasteiger partial charge on any atom is 0.313 e. The van der Waals surface area contributed by atoms with E-state index in [1.807, 2.05) is 0 Å². The van der Waals surface area contributed by atoms with E-state index in [4.69, 9.17) is 5.11 Å². The van der Waals surface area contributed by atoms with Gasteiger partial charge in [-0.2, -0.15) is 0 Å². The minimum Gasteiger partial charge on any atom is -0.481 e. The molecule has 2 aromatic rings. The van der Waals surface area contributed by atoms with E-state index in [0.717, 1.165) is 30.0 Å². The summed E-state index contributed by atoms with van der Waals surface area (Å²) in [6, 6.07) is 2.96. The first-order chi connectivity index (χ1) is 8.54. The highest BCUT2D eigenvalue weighted by atomic mass is 32.2. The fraction of sp³-hybridized carbons (Fsp3) is 0.100. The Labute approximate surface area is 104 Å². The molecule has 0 atom stereocenters. The van der Waals surface area contributed by atoms with E-state index >= 15 is 0 Å². The van der Waals surface area contributed by atoms with Gasteiger partial charge in [0.1, 0.15) is 11.6 Å². The fourth-order valence-electron chi connectivity index (χ4n) is 1.26. The highest BCUT2D eigenvalue weighted by Gasteiger charge is 2.10. The molecule has 5 nitrogen and oxygen atoms in total. The number of halogens is 2. The van der Waals surface area contributed by atoms with Crippen molar-refractivity contribution < 1.29 is 18.7 Å². The van der Waals surface area contributed by atoms with Crippen LogP contribution in [0, 0.1) is 11.6 Å². The van der Waals surface area contributed by atoms with E-state index in [1.54, 1.807) is 0 Å². The summed E-state index contributed by atoms with van der Waals surface area (Å²) < 4.78 is 26.0. The summed E-state index contributed by atoms with van der Waals surface area (Å²) in [5.41, 5.74) is 0.210. The average molecular weight is 271 g/mol. The van der Waals surface area contributed by atoms with Gasteiger partial charge in [-0.05, 0) is 12.1 Å². The Balaban J connectivity index is 2.21. The molecule has 0 unspecified atom stereocenters. The number of hydrogen-bond acceptors (Lipinski definition) is 4. The molecule has 0 spiro atoms. The second-order valence-electron chi connectivity index (χ2n) is 3.31. The molecular weight excluding hydrogens is 264 g/mol. The van der Waals surface area contributed by atoms with Crippen LogP contribution in [0.2, 0.25) is 0 Å². The molecule has 0 radical (unpaired) electrons. The zero-order chi connectivity index (χ0) is 13.1. The van der Waals surface area contributed by atoms with E-state index < -0.39 is 17.6 Å². The Morgan fingerprint density at radius 3 is 2.61 bits per heavy atom. The van der Waals surface area contributed by atoms with Crippen molar-refractivity contribution >= 4 is 17.7 Å². The van der Waals surface area contributed by atoms with E-state index in [9.17, 15) is 13.6 Å². The van der Waals surface area contributed by atoms with E-state index in [-0.39, 0.29) is 22.3 Å². The number of hydrogen-bond donors (Lipinski definition) is 2. The smallest absolute Gasteiger partial charge is 0.313 e. The van der Waals surface area contributed by atoms with Crippen molar-refractivity contribution in [2.75, 3.05) is 5.75 Å². The molecule has 1 aromatic heterocycles. The summed E-state index contributed by atoms with van der Waals surface area (Å²) in [4.78, 5) is 14.3. The number of nitrogens with zero attached hydrogens (tertiary/aromatic N) is 2. The highest BCUT2D eigenvalue weighted by Crippen LogP contribution is 2.20. The van der Waals surface area contributed by atoms with Crippen molar-refractivity contribution in [2.45, 2.75) is 5.16 Å². The lowest BCUT2D eigenvalue weighted by Gasteiger charge is -1.96. The Morgan fingerprint density at radius 1 is 1.33 bits per heavy atom. The number of carbonyl (C=O) groups is 1. The first kappa shape index (κ1) is 12.5. The van der Waals surface area contributed by atoms with Gasteiger partial charge < -0.3 is 5.11 Å². The number of aromatic amines is 1. The predicted octanol–water partition coefficient (Wildman–Crippen LogP) is 1.93. The second kappa shape index (κ2) is 5.13. The van der Waals surface area contributed by atoms with Gasteiger partial charge in [0.05, 0.1) is 5.75 Å². The Hall–Kier alpha value is -1.96. The van der Waals surface area contributed by atoms with Gasteiger partial charge >= 0.3 is 5.97 Å². The molecule has 0 fully saturated rings. The van der Waals surface area contributed by atoms with Crippen LogP contribution in [-0.2, 0) is 4.79 Å². The minimum absolute atomic E-state index is 0.182. The topological polar surface area (TPSA) is 78.9 Å². The van der Waals surface area contributed by atoms with Crippen LogP contribution >= 0.6 is 11.8 Å². The molecule has 1 aromatic carbocycles. The molecule has 18 heavy (non-hydrogen) atoms. The van der Waals surface area contributed by atoms with Crippen LogP contribution in [-0.4, -0.2) is 32.0 Å². The van der Waals surface area contributed by atoms with Crippen LogP contribution in [0.25, 0.3) is 11.4 Å². The van der Waals surface area contributed by atoms with Gasteiger partial charge in [-0.15, -0.1) is 5.10 Å². The van der Waals surface area contributed by atoms with Crippen molar-refractivity contribution in [1.82, 2.24) is 15.2 Å². The number of carboxylic acid groups (broad SMARTS) is 1. The lowest BCUT2D eigenvalue weighted by Crippen LogP contribution is -1.97. The molecule has 0 saturated carbocycles. The van der Waals surface area contributed by atoms with Gasteiger partial charge in [-0.25, -0.2) is 13.8 Å². The number of aromatic nitrogens is 3. The van der Waals surface area contributed by atoms with E-state index in [0.29, 0.717) is 0 Å². The van der Waals surface area contributed by atoms with Crippen LogP contribution in [0.1, 0.15) is 0 Å². The molecule has 0 saturated heterocycles. The summed E-state index contributed by atoms with van der Waals surface area (Å²) in [5.74, 6) is -2.44. The van der Waals surface area contributed by atoms with Gasteiger partial charge in [0.15, 0.2) is 5.82 Å². The summed E-state index contributed by atoms with van der Waals surface area (Å²) in [5, 5.41) is 14.9. The molecule has 0 bridgehead atoms. The van der Waals surface area contributed by atoms with Crippen LogP contribution in [0.15, 0.2) is 23.4 Å². The third-order valence-electron chi connectivity index (χ3n) is 1.93. The third-order valence-corrected chi connectivity index (χ3v) is 2.76. The largest absolute Gasteiger partial charge is 0.481 e. The van der Waals surface area contributed by atoms with Crippen molar-refractivity contribution in [3.05, 3.63) is 29.8 Å². The number of rotatable bonds is 4. The maximum atomic E-state index is 13.0. The van der Waals surface area contributed by atoms with Gasteiger partial charge in [-0.3, -0.25) is 9.89 Å². The standard InChI is InChI=1S/C10H7F2N3O2S/c11-6-1-5(2-7(12)3-6)9-13-10(15-14-9)18-4-8(16)17/h1-3H,4H2,(H,16,17)(H,13,14,15). The molecule has 2 N–H and O–H groups in total.